The Balaban J connectivity index is 2.01. The zero-order valence-corrected chi connectivity index (χ0v) is 15.3. The van der Waals surface area contributed by atoms with Crippen molar-refractivity contribution in [3.8, 4) is 5.75 Å². The van der Waals surface area contributed by atoms with Crippen molar-refractivity contribution in [1.29, 1.82) is 0 Å². The van der Waals surface area contributed by atoms with Gasteiger partial charge in [0.25, 0.3) is 0 Å². The second kappa shape index (κ2) is 9.46. The summed E-state index contributed by atoms with van der Waals surface area (Å²) < 4.78 is 10.5. The highest BCUT2D eigenvalue weighted by Gasteiger charge is 2.16. The molecule has 0 heterocycles. The molecule has 2 aromatic rings. The van der Waals surface area contributed by atoms with Crippen molar-refractivity contribution < 1.29 is 19.1 Å². The van der Waals surface area contributed by atoms with E-state index >= 15 is 0 Å². The highest BCUT2D eigenvalue weighted by molar-refractivity contribution is 5.89. The molecule has 0 fully saturated rings. The monoisotopic (exact) mass is 356 g/mol. The molecule has 2 rings (SSSR count). The van der Waals surface area contributed by atoms with Crippen LogP contribution in [0, 0.1) is 5.92 Å². The molecule has 26 heavy (non-hydrogen) atoms. The topological polar surface area (TPSA) is 67.9 Å². The molecule has 0 aliphatic heterocycles. The van der Waals surface area contributed by atoms with Gasteiger partial charge in [0.1, 0.15) is 5.75 Å². The van der Waals surface area contributed by atoms with E-state index in [-0.39, 0.29) is 5.92 Å². The summed E-state index contributed by atoms with van der Waals surface area (Å²) in [5.41, 5.74) is 1.25. The largest absolute Gasteiger partial charge is 0.449 e. The summed E-state index contributed by atoms with van der Waals surface area (Å²) in [6, 6.07) is 15.9. The molecule has 2 amide bonds. The molecule has 0 aliphatic carbocycles. The van der Waals surface area contributed by atoms with Gasteiger partial charge < -0.3 is 9.47 Å². The van der Waals surface area contributed by atoms with Gasteiger partial charge in [-0.3, -0.25) is 10.2 Å². The highest BCUT2D eigenvalue weighted by Crippen LogP contribution is 2.20. The Hall–Kier alpha value is -3.02. The summed E-state index contributed by atoms with van der Waals surface area (Å²) >= 11 is 0. The smallest absolute Gasteiger partial charge is 0.419 e. The number of hydrogen-bond acceptors (Lipinski definition) is 4. The van der Waals surface area contributed by atoms with Crippen LogP contribution in [0.25, 0.3) is 0 Å². The van der Waals surface area contributed by atoms with E-state index in [0.717, 1.165) is 5.69 Å². The minimum Gasteiger partial charge on any atom is -0.449 e. The molecule has 0 aliphatic rings. The van der Waals surface area contributed by atoms with Gasteiger partial charge in [-0.2, -0.15) is 0 Å². The van der Waals surface area contributed by atoms with Crippen LogP contribution in [0.1, 0.15) is 20.8 Å². The number of rotatable bonds is 6. The lowest BCUT2D eigenvalue weighted by molar-refractivity contribution is 0.147. The molecule has 138 valence electrons. The quantitative estimate of drug-likeness (QED) is 0.798. The maximum atomic E-state index is 12.4. The lowest BCUT2D eigenvalue weighted by atomic mass is 10.2. The molecule has 2 aromatic carbocycles. The van der Waals surface area contributed by atoms with Gasteiger partial charge in [-0.25, -0.2) is 9.59 Å². The van der Waals surface area contributed by atoms with Gasteiger partial charge in [-0.15, -0.1) is 0 Å². The second-order valence-electron chi connectivity index (χ2n) is 6.09. The van der Waals surface area contributed by atoms with Gasteiger partial charge in [-0.1, -0.05) is 38.1 Å². The van der Waals surface area contributed by atoms with Crippen LogP contribution in [-0.4, -0.2) is 25.3 Å². The SMILES string of the molecule is CCN(C(=O)Oc1cccc(NC(=O)OCC(C)C)c1)c1ccccc1. The fraction of sp³-hybridized carbons (Fsp3) is 0.300. The number of anilines is 2. The van der Waals surface area contributed by atoms with Gasteiger partial charge in [0.2, 0.25) is 0 Å². The van der Waals surface area contributed by atoms with Crippen LogP contribution in [0.5, 0.6) is 5.75 Å². The molecule has 0 unspecified atom stereocenters. The number of amides is 2. The van der Waals surface area contributed by atoms with Gasteiger partial charge in [0.15, 0.2) is 0 Å². The lowest BCUT2D eigenvalue weighted by Gasteiger charge is -2.20. The van der Waals surface area contributed by atoms with Crippen molar-refractivity contribution in [3.63, 3.8) is 0 Å². The normalized spacial score (nSPS) is 10.3. The van der Waals surface area contributed by atoms with Crippen LogP contribution in [0.15, 0.2) is 54.6 Å². The summed E-state index contributed by atoms with van der Waals surface area (Å²) in [7, 11) is 0. The Morgan fingerprint density at radius 2 is 1.81 bits per heavy atom. The van der Waals surface area contributed by atoms with E-state index < -0.39 is 12.2 Å². The van der Waals surface area contributed by atoms with Crippen LogP contribution >= 0.6 is 0 Å². The number of ether oxygens (including phenoxy) is 2. The molecular weight excluding hydrogens is 332 g/mol. The molecule has 0 bridgehead atoms. The van der Waals surface area contributed by atoms with Crippen molar-refractivity contribution in [2.24, 2.45) is 5.92 Å². The molecule has 0 saturated carbocycles. The average molecular weight is 356 g/mol. The molecule has 0 aromatic heterocycles. The summed E-state index contributed by atoms with van der Waals surface area (Å²) in [5.74, 6) is 0.595. The number of carbonyl (C=O) groups is 2. The molecule has 0 saturated heterocycles. The molecule has 6 nitrogen and oxygen atoms in total. The predicted octanol–water partition coefficient (Wildman–Crippen LogP) is 4.92. The Morgan fingerprint density at radius 1 is 1.08 bits per heavy atom. The van der Waals surface area contributed by atoms with Crippen LogP contribution in [0.4, 0.5) is 21.0 Å². The Labute approximate surface area is 153 Å². The van der Waals surface area contributed by atoms with Crippen LogP contribution < -0.4 is 15.0 Å². The third-order valence-corrected chi connectivity index (χ3v) is 3.44. The molecule has 6 heteroatoms. The second-order valence-corrected chi connectivity index (χ2v) is 6.09. The minimum absolute atomic E-state index is 0.256. The van der Waals surface area contributed by atoms with E-state index in [1.165, 1.54) is 4.90 Å². The maximum absolute atomic E-state index is 12.4. The number of carbonyl (C=O) groups excluding carboxylic acids is 2. The van der Waals surface area contributed by atoms with Gasteiger partial charge >= 0.3 is 12.2 Å². The molecule has 1 N–H and O–H groups in total. The number of nitrogens with one attached hydrogen (secondary N) is 1. The number of para-hydroxylation sites is 1. The van der Waals surface area contributed by atoms with Crippen LogP contribution in [0.3, 0.4) is 0 Å². The van der Waals surface area contributed by atoms with Crippen molar-refractivity contribution in [1.82, 2.24) is 0 Å². The van der Waals surface area contributed by atoms with E-state index in [2.05, 4.69) is 5.32 Å². The lowest BCUT2D eigenvalue weighted by Crippen LogP contribution is -2.33. The van der Waals surface area contributed by atoms with E-state index in [1.807, 2.05) is 51.1 Å². The third kappa shape index (κ3) is 5.81. The summed E-state index contributed by atoms with van der Waals surface area (Å²) in [4.78, 5) is 25.7. The van der Waals surface area contributed by atoms with Crippen molar-refractivity contribution >= 4 is 23.6 Å². The third-order valence-electron chi connectivity index (χ3n) is 3.44. The fourth-order valence-corrected chi connectivity index (χ4v) is 2.21. The van der Waals surface area contributed by atoms with Gasteiger partial charge in [0, 0.05) is 24.0 Å². The Bertz CT molecular complexity index is 732. The fourth-order valence-electron chi connectivity index (χ4n) is 2.21. The number of benzene rings is 2. The first kappa shape index (κ1) is 19.3. The molecule has 0 spiro atoms. The number of hydrogen-bond donors (Lipinski definition) is 1. The van der Waals surface area contributed by atoms with E-state index in [4.69, 9.17) is 9.47 Å². The Kier molecular flexibility index (Phi) is 7.02. The van der Waals surface area contributed by atoms with Crippen molar-refractivity contribution in [2.75, 3.05) is 23.4 Å². The van der Waals surface area contributed by atoms with Crippen LogP contribution in [-0.2, 0) is 4.74 Å². The zero-order chi connectivity index (χ0) is 18.9. The van der Waals surface area contributed by atoms with Gasteiger partial charge in [-0.05, 0) is 37.1 Å². The molecular formula is C20H24N2O4. The van der Waals surface area contributed by atoms with E-state index in [0.29, 0.717) is 24.6 Å². The van der Waals surface area contributed by atoms with E-state index in [1.54, 1.807) is 24.3 Å². The average Bonchev–Trinajstić information content (AvgIpc) is 2.62. The first-order chi connectivity index (χ1) is 12.5. The summed E-state index contributed by atoms with van der Waals surface area (Å²) in [6.07, 6.45) is -1.03. The summed E-state index contributed by atoms with van der Waals surface area (Å²) in [6.45, 7) is 6.60. The first-order valence-corrected chi connectivity index (χ1v) is 8.57. The standard InChI is InChI=1S/C20H24N2O4/c1-4-22(17-10-6-5-7-11-17)20(24)26-18-12-8-9-16(13-18)21-19(23)25-14-15(2)3/h5-13,15H,4,14H2,1-3H3,(H,21,23). The first-order valence-electron chi connectivity index (χ1n) is 8.57. The number of nitrogens with zero attached hydrogens (tertiary/aromatic N) is 1. The highest BCUT2D eigenvalue weighted by atomic mass is 16.6. The summed E-state index contributed by atoms with van der Waals surface area (Å²) in [5, 5.41) is 2.62. The van der Waals surface area contributed by atoms with Crippen LogP contribution in [0.2, 0.25) is 0 Å². The van der Waals surface area contributed by atoms with E-state index in [9.17, 15) is 9.59 Å². The molecule has 0 atom stereocenters. The Morgan fingerprint density at radius 3 is 2.46 bits per heavy atom. The van der Waals surface area contributed by atoms with Gasteiger partial charge in [0.05, 0.1) is 6.61 Å². The minimum atomic E-state index is -0.540. The van der Waals surface area contributed by atoms with Crippen molar-refractivity contribution in [2.45, 2.75) is 20.8 Å². The predicted molar refractivity (Wildman–Crippen MR) is 102 cm³/mol. The zero-order valence-electron chi connectivity index (χ0n) is 15.3. The van der Waals surface area contributed by atoms with Crippen molar-refractivity contribution in [3.05, 3.63) is 54.6 Å². The molecule has 0 radical (unpaired) electrons. The maximum Gasteiger partial charge on any atom is 0.419 e.